The molecular formula is C18H22Cl2N6O. The highest BCUT2D eigenvalue weighted by molar-refractivity contribution is 5.90. The van der Waals surface area contributed by atoms with E-state index in [9.17, 15) is 4.79 Å². The number of nitrogens with zero attached hydrogens (tertiary/aromatic N) is 4. The summed E-state index contributed by atoms with van der Waals surface area (Å²) in [6.45, 7) is 5.22. The van der Waals surface area contributed by atoms with E-state index < -0.39 is 0 Å². The van der Waals surface area contributed by atoms with Crippen LogP contribution in [-0.4, -0.2) is 38.6 Å². The lowest BCUT2D eigenvalue weighted by Gasteiger charge is -2.26. The molecule has 0 aliphatic carbocycles. The number of carbonyl (C=O) groups is 1. The van der Waals surface area contributed by atoms with Crippen molar-refractivity contribution in [1.29, 1.82) is 0 Å². The number of hydrogen-bond acceptors (Lipinski definition) is 5. The Bertz CT molecular complexity index is 958. The first-order valence-corrected chi connectivity index (χ1v) is 8.42. The first-order chi connectivity index (χ1) is 12.1. The van der Waals surface area contributed by atoms with Gasteiger partial charge in [0.25, 0.3) is 11.7 Å². The van der Waals surface area contributed by atoms with Crippen molar-refractivity contribution >= 4 is 36.5 Å². The molecule has 0 spiro atoms. The Morgan fingerprint density at radius 1 is 1.26 bits per heavy atom. The Hall–Kier alpha value is -2.22. The molecule has 0 fully saturated rings. The van der Waals surface area contributed by atoms with Gasteiger partial charge in [-0.3, -0.25) is 4.79 Å². The summed E-state index contributed by atoms with van der Waals surface area (Å²) in [7, 11) is 0. The third-order valence-corrected chi connectivity index (χ3v) is 4.50. The molecule has 1 atom stereocenters. The molecule has 1 unspecified atom stereocenters. The van der Waals surface area contributed by atoms with Crippen LogP contribution >= 0.6 is 24.8 Å². The van der Waals surface area contributed by atoms with Crippen molar-refractivity contribution in [2.24, 2.45) is 0 Å². The first-order valence-electron chi connectivity index (χ1n) is 8.42. The minimum Gasteiger partial charge on any atom is -0.347 e. The van der Waals surface area contributed by atoms with Gasteiger partial charge in [-0.15, -0.1) is 29.9 Å². The van der Waals surface area contributed by atoms with Gasteiger partial charge in [0.15, 0.2) is 0 Å². The van der Waals surface area contributed by atoms with E-state index in [1.807, 2.05) is 26.0 Å². The molecule has 0 saturated carbocycles. The second-order valence-electron chi connectivity index (χ2n) is 6.35. The molecular weight excluding hydrogens is 387 g/mol. The lowest BCUT2D eigenvalue weighted by atomic mass is 9.94. The summed E-state index contributed by atoms with van der Waals surface area (Å²) >= 11 is 0. The second kappa shape index (κ2) is 8.65. The maximum absolute atomic E-state index is 12.5. The van der Waals surface area contributed by atoms with E-state index >= 15 is 0 Å². The van der Waals surface area contributed by atoms with Crippen LogP contribution in [0.5, 0.6) is 0 Å². The Morgan fingerprint density at radius 3 is 2.85 bits per heavy atom. The van der Waals surface area contributed by atoms with Crippen molar-refractivity contribution in [3.8, 4) is 0 Å². The summed E-state index contributed by atoms with van der Waals surface area (Å²) in [6, 6.07) is 10.3. The highest BCUT2D eigenvalue weighted by Gasteiger charge is 2.21. The number of halogens is 2. The number of carbonyl (C=O) groups excluding carboxylic acids is 1. The van der Waals surface area contributed by atoms with E-state index in [0.29, 0.717) is 12.3 Å². The molecule has 0 saturated heterocycles. The third-order valence-electron chi connectivity index (χ3n) is 4.50. The highest BCUT2D eigenvalue weighted by Crippen LogP contribution is 2.21. The molecule has 1 aliphatic heterocycles. The van der Waals surface area contributed by atoms with Gasteiger partial charge in [0.2, 0.25) is 5.82 Å². The van der Waals surface area contributed by atoms with Crippen LogP contribution < -0.4 is 10.6 Å². The number of fused-ring (bicyclic) bond motifs is 2. The number of rotatable bonds is 3. The van der Waals surface area contributed by atoms with Gasteiger partial charge in [-0.2, -0.15) is 4.98 Å². The Morgan fingerprint density at radius 2 is 2.04 bits per heavy atom. The summed E-state index contributed by atoms with van der Waals surface area (Å²) in [5.74, 6) is 0.307. The zero-order chi connectivity index (χ0) is 17.4. The van der Waals surface area contributed by atoms with E-state index in [1.165, 1.54) is 11.1 Å². The van der Waals surface area contributed by atoms with Crippen molar-refractivity contribution in [3.63, 3.8) is 0 Å². The third kappa shape index (κ3) is 4.21. The Balaban J connectivity index is 0.00000131. The number of aryl methyl sites for hydroxylation is 2. The molecule has 1 aliphatic rings. The predicted molar refractivity (Wildman–Crippen MR) is 108 cm³/mol. The average molecular weight is 409 g/mol. The fourth-order valence-electron chi connectivity index (χ4n) is 3.31. The number of hydrogen-bond donors (Lipinski definition) is 2. The molecule has 3 aromatic rings. The molecule has 9 heteroatoms. The molecule has 144 valence electrons. The van der Waals surface area contributed by atoms with Crippen LogP contribution in [0.3, 0.4) is 0 Å². The fraction of sp³-hybridized carbons (Fsp3) is 0.333. The van der Waals surface area contributed by atoms with Gasteiger partial charge in [-0.1, -0.05) is 24.3 Å². The summed E-state index contributed by atoms with van der Waals surface area (Å²) in [5, 5.41) is 10.7. The maximum Gasteiger partial charge on any atom is 0.291 e. The molecule has 3 heterocycles. The molecule has 4 rings (SSSR count). The largest absolute Gasteiger partial charge is 0.347 e. The van der Waals surface area contributed by atoms with Gasteiger partial charge in [0, 0.05) is 24.0 Å². The lowest BCUT2D eigenvalue weighted by molar-refractivity contribution is 0.0939. The van der Waals surface area contributed by atoms with Crippen LogP contribution in [0.25, 0.3) is 5.78 Å². The van der Waals surface area contributed by atoms with Crippen LogP contribution in [0.1, 0.15) is 39.2 Å². The quantitative estimate of drug-likeness (QED) is 0.693. The van der Waals surface area contributed by atoms with Gasteiger partial charge in [0.1, 0.15) is 0 Å². The number of benzene rings is 1. The average Bonchev–Trinajstić information content (AvgIpc) is 3.04. The smallest absolute Gasteiger partial charge is 0.291 e. The summed E-state index contributed by atoms with van der Waals surface area (Å²) in [4.78, 5) is 21.0. The van der Waals surface area contributed by atoms with Gasteiger partial charge in [-0.05, 0) is 44.0 Å². The second-order valence-corrected chi connectivity index (χ2v) is 6.35. The summed E-state index contributed by atoms with van der Waals surface area (Å²) in [5.41, 5.74) is 4.33. The van der Waals surface area contributed by atoms with Crippen molar-refractivity contribution in [1.82, 2.24) is 30.2 Å². The standard InChI is InChI=1S/C18H20N6O.2ClH/c1-11-9-12(2)24-18(21-11)22-16(23-24)17(25)20-10-15-14-6-4-3-5-13(14)7-8-19-15;;/h3-6,9,15,19H,7-8,10H2,1-2H3,(H,20,25);2*1H. The minimum atomic E-state index is -0.285. The van der Waals surface area contributed by atoms with Gasteiger partial charge in [0.05, 0.1) is 0 Å². The van der Waals surface area contributed by atoms with Crippen molar-refractivity contribution < 1.29 is 4.79 Å². The van der Waals surface area contributed by atoms with E-state index in [4.69, 9.17) is 0 Å². The van der Waals surface area contributed by atoms with Gasteiger partial charge < -0.3 is 10.6 Å². The zero-order valence-electron chi connectivity index (χ0n) is 15.1. The summed E-state index contributed by atoms with van der Waals surface area (Å²) < 4.78 is 1.59. The molecule has 2 N–H and O–H groups in total. The topological polar surface area (TPSA) is 84.2 Å². The Kier molecular flexibility index (Phi) is 6.75. The fourth-order valence-corrected chi connectivity index (χ4v) is 3.31. The van der Waals surface area contributed by atoms with Crippen LogP contribution in [0.2, 0.25) is 0 Å². The molecule has 0 bridgehead atoms. The normalized spacial score (nSPS) is 15.4. The SMILES string of the molecule is Cc1cc(C)n2nc(C(=O)NCC3NCCc4ccccc43)nc2n1.Cl.Cl. The van der Waals surface area contributed by atoms with Crippen LogP contribution in [-0.2, 0) is 6.42 Å². The van der Waals surface area contributed by atoms with Crippen LogP contribution in [0, 0.1) is 13.8 Å². The molecule has 1 aromatic carbocycles. The number of amides is 1. The van der Waals surface area contributed by atoms with Gasteiger partial charge >= 0.3 is 0 Å². The highest BCUT2D eigenvalue weighted by atomic mass is 35.5. The maximum atomic E-state index is 12.5. The molecule has 7 nitrogen and oxygen atoms in total. The van der Waals surface area contributed by atoms with E-state index in [0.717, 1.165) is 24.4 Å². The van der Waals surface area contributed by atoms with E-state index in [2.05, 4.69) is 43.9 Å². The Labute approximate surface area is 169 Å². The first kappa shape index (κ1) is 21.1. The minimum absolute atomic E-state index is 0. The van der Waals surface area contributed by atoms with Gasteiger partial charge in [-0.25, -0.2) is 9.50 Å². The van der Waals surface area contributed by atoms with Crippen LogP contribution in [0.4, 0.5) is 0 Å². The lowest BCUT2D eigenvalue weighted by Crippen LogP contribution is -2.39. The number of nitrogens with one attached hydrogen (secondary N) is 2. The van der Waals surface area contributed by atoms with Crippen molar-refractivity contribution in [2.45, 2.75) is 26.3 Å². The predicted octanol–water partition coefficient (Wildman–Crippen LogP) is 2.20. The van der Waals surface area contributed by atoms with E-state index in [1.54, 1.807) is 4.52 Å². The van der Waals surface area contributed by atoms with Crippen molar-refractivity contribution in [3.05, 3.63) is 58.7 Å². The number of aromatic nitrogens is 4. The van der Waals surface area contributed by atoms with Crippen molar-refractivity contribution in [2.75, 3.05) is 13.1 Å². The summed E-state index contributed by atoms with van der Waals surface area (Å²) in [6.07, 6.45) is 1.01. The molecule has 1 amide bonds. The monoisotopic (exact) mass is 408 g/mol. The zero-order valence-corrected chi connectivity index (χ0v) is 16.7. The molecule has 0 radical (unpaired) electrons. The molecule has 27 heavy (non-hydrogen) atoms. The van der Waals surface area contributed by atoms with Crippen LogP contribution in [0.15, 0.2) is 30.3 Å². The van der Waals surface area contributed by atoms with E-state index in [-0.39, 0.29) is 42.6 Å². The molecule has 2 aromatic heterocycles.